The summed E-state index contributed by atoms with van der Waals surface area (Å²) in [6, 6.07) is 18.9. The number of hydrogen-bond donors (Lipinski definition) is 2. The van der Waals surface area contributed by atoms with E-state index in [1.165, 1.54) is 16.7 Å². The van der Waals surface area contributed by atoms with Gasteiger partial charge in [-0.2, -0.15) is 9.40 Å². The van der Waals surface area contributed by atoms with Gasteiger partial charge in [-0.05, 0) is 55.9 Å². The number of amides is 2. The largest absolute Gasteiger partial charge is 0.356 e. The van der Waals surface area contributed by atoms with Crippen LogP contribution in [-0.4, -0.2) is 51.8 Å². The van der Waals surface area contributed by atoms with Crippen molar-refractivity contribution in [3.05, 3.63) is 89.9 Å². The number of rotatable bonds is 7. The fourth-order valence-corrected chi connectivity index (χ4v) is 7.14. The topological polar surface area (TPSA) is 135 Å². The molecule has 11 nitrogen and oxygen atoms in total. The van der Waals surface area contributed by atoms with E-state index in [0.717, 1.165) is 22.5 Å². The number of piperidine rings is 1. The van der Waals surface area contributed by atoms with E-state index in [9.17, 15) is 13.2 Å². The third kappa shape index (κ3) is 6.47. The average Bonchev–Trinajstić information content (AvgIpc) is 3.66. The fourth-order valence-electron chi connectivity index (χ4n) is 5.57. The minimum atomic E-state index is -3.79. The van der Waals surface area contributed by atoms with Crippen molar-refractivity contribution >= 4 is 38.5 Å². The molecule has 0 aliphatic carbocycles. The molecule has 1 fully saturated rings. The molecule has 3 aromatic heterocycles. The quantitative estimate of drug-likeness (QED) is 0.216. The van der Waals surface area contributed by atoms with Gasteiger partial charge in [-0.1, -0.05) is 61.8 Å². The van der Waals surface area contributed by atoms with Gasteiger partial charge >= 0.3 is 6.03 Å². The first-order valence-electron chi connectivity index (χ1n) is 15.0. The van der Waals surface area contributed by atoms with Crippen molar-refractivity contribution in [1.82, 2.24) is 24.2 Å². The molecule has 1 aliphatic heterocycles. The maximum atomic E-state index is 13.4. The number of hydrogen-bond acceptors (Lipinski definition) is 7. The van der Waals surface area contributed by atoms with Crippen molar-refractivity contribution in [1.29, 1.82) is 0 Å². The van der Waals surface area contributed by atoms with Crippen molar-refractivity contribution in [3.8, 4) is 5.69 Å². The number of urea groups is 1. The van der Waals surface area contributed by atoms with Crippen LogP contribution < -0.4 is 10.6 Å². The Labute approximate surface area is 262 Å². The van der Waals surface area contributed by atoms with Gasteiger partial charge in [0.2, 0.25) is 0 Å². The molecule has 6 rings (SSSR count). The zero-order valence-electron chi connectivity index (χ0n) is 25.8. The van der Waals surface area contributed by atoms with Crippen LogP contribution in [-0.2, 0) is 21.9 Å². The monoisotopic (exact) mass is 627 g/mol. The lowest BCUT2D eigenvalue weighted by atomic mass is 9.90. The number of aromatic nitrogens is 4. The van der Waals surface area contributed by atoms with Gasteiger partial charge in [-0.15, -0.1) is 0 Å². The van der Waals surface area contributed by atoms with E-state index in [1.807, 2.05) is 61.5 Å². The first-order chi connectivity index (χ1) is 21.5. The molecule has 234 valence electrons. The molecule has 1 aliphatic rings. The first-order valence-corrected chi connectivity index (χ1v) is 16.5. The van der Waals surface area contributed by atoms with E-state index < -0.39 is 10.0 Å². The van der Waals surface area contributed by atoms with Crippen LogP contribution in [0.1, 0.15) is 50.4 Å². The predicted molar refractivity (Wildman–Crippen MR) is 173 cm³/mol. The Bertz CT molecular complexity index is 1930. The van der Waals surface area contributed by atoms with Crippen LogP contribution in [0, 0.1) is 12.8 Å². The summed E-state index contributed by atoms with van der Waals surface area (Å²) in [5, 5.41) is 14.9. The van der Waals surface area contributed by atoms with E-state index in [2.05, 4.69) is 41.5 Å². The van der Waals surface area contributed by atoms with Gasteiger partial charge in [0.25, 0.3) is 10.0 Å². The first kappa shape index (κ1) is 30.5. The highest BCUT2D eigenvalue weighted by atomic mass is 32.2. The van der Waals surface area contributed by atoms with Crippen molar-refractivity contribution in [2.45, 2.75) is 57.4 Å². The molecule has 0 saturated carbocycles. The number of pyridine rings is 1. The van der Waals surface area contributed by atoms with Gasteiger partial charge in [0.1, 0.15) is 5.82 Å². The Morgan fingerprint density at radius 1 is 1.02 bits per heavy atom. The summed E-state index contributed by atoms with van der Waals surface area (Å²) < 4.78 is 35.2. The highest BCUT2D eigenvalue weighted by molar-refractivity contribution is 7.89. The number of fused-ring (bicyclic) bond motifs is 1. The van der Waals surface area contributed by atoms with Gasteiger partial charge in [0.15, 0.2) is 10.6 Å². The van der Waals surface area contributed by atoms with Gasteiger partial charge in [-0.25, -0.2) is 22.9 Å². The molecule has 2 aromatic carbocycles. The number of nitrogens with one attached hydrogen (secondary N) is 2. The lowest BCUT2D eigenvalue weighted by Gasteiger charge is -2.31. The van der Waals surface area contributed by atoms with Crippen molar-refractivity contribution in [3.63, 3.8) is 0 Å². The standard InChI is InChI=1S/C33H37N7O4S/c1-22-9-11-25(12-10-22)40-30(20-29(38-40)33(2,3)4)37-32(41)36-27-8-6-5-7-24(27)19-23-14-17-39(18-15-23)45(42,43)31-26-21-35-44-28(26)13-16-34-31/h5-13,16,20-21,23H,14-15,17-19H2,1-4H3,(H2,36,37,41). The molecule has 2 amide bonds. The Kier molecular flexibility index (Phi) is 8.19. The van der Waals surface area contributed by atoms with E-state index in [1.54, 1.807) is 10.7 Å². The highest BCUT2D eigenvalue weighted by Gasteiger charge is 2.32. The van der Waals surface area contributed by atoms with Crippen LogP contribution in [0.2, 0.25) is 0 Å². The Morgan fingerprint density at radius 2 is 1.76 bits per heavy atom. The van der Waals surface area contributed by atoms with E-state index in [-0.39, 0.29) is 22.4 Å². The molecule has 0 atom stereocenters. The maximum Gasteiger partial charge on any atom is 0.324 e. The summed E-state index contributed by atoms with van der Waals surface area (Å²) in [6.07, 6.45) is 4.89. The smallest absolute Gasteiger partial charge is 0.324 e. The summed E-state index contributed by atoms with van der Waals surface area (Å²) in [5.41, 5.74) is 4.75. The van der Waals surface area contributed by atoms with Crippen LogP contribution in [0.3, 0.4) is 0 Å². The molecular formula is C33H37N7O4S. The number of carbonyl (C=O) groups is 1. The zero-order valence-corrected chi connectivity index (χ0v) is 26.6. The molecule has 0 bridgehead atoms. The second-order valence-electron chi connectivity index (χ2n) is 12.6. The maximum absolute atomic E-state index is 13.4. The molecule has 12 heteroatoms. The number of anilines is 2. The minimum Gasteiger partial charge on any atom is -0.356 e. The highest BCUT2D eigenvalue weighted by Crippen LogP contribution is 2.31. The third-order valence-corrected chi connectivity index (χ3v) is 10.0. The number of nitrogens with zero attached hydrogens (tertiary/aromatic N) is 5. The Hall–Kier alpha value is -4.55. The van der Waals surface area contributed by atoms with Crippen LogP contribution in [0.25, 0.3) is 16.7 Å². The molecule has 2 N–H and O–H groups in total. The number of benzene rings is 2. The SMILES string of the molecule is Cc1ccc(-n2nc(C(C)(C)C)cc2NC(=O)Nc2ccccc2CC2CCN(S(=O)(=O)c3nccc4oncc34)CC2)cc1. The molecule has 45 heavy (non-hydrogen) atoms. The van der Waals surface area contributed by atoms with Gasteiger partial charge in [0, 0.05) is 42.5 Å². The molecular weight excluding hydrogens is 590 g/mol. The third-order valence-electron chi connectivity index (χ3n) is 8.18. The summed E-state index contributed by atoms with van der Waals surface area (Å²) in [6.45, 7) is 9.05. The molecule has 4 heterocycles. The van der Waals surface area contributed by atoms with Crippen molar-refractivity contribution in [2.24, 2.45) is 5.92 Å². The van der Waals surface area contributed by atoms with E-state index in [0.29, 0.717) is 54.8 Å². The number of carbonyl (C=O) groups excluding carboxylic acids is 1. The average molecular weight is 628 g/mol. The minimum absolute atomic E-state index is 0.0291. The van der Waals surface area contributed by atoms with E-state index >= 15 is 0 Å². The summed E-state index contributed by atoms with van der Waals surface area (Å²) in [5.74, 6) is 0.822. The predicted octanol–water partition coefficient (Wildman–Crippen LogP) is 6.30. The van der Waals surface area contributed by atoms with Gasteiger partial charge in [-0.3, -0.25) is 5.32 Å². The van der Waals surface area contributed by atoms with E-state index in [4.69, 9.17) is 9.62 Å². The lowest BCUT2D eigenvalue weighted by Crippen LogP contribution is -2.39. The van der Waals surface area contributed by atoms with Crippen LogP contribution in [0.15, 0.2) is 82.6 Å². The zero-order chi connectivity index (χ0) is 31.8. The van der Waals surface area contributed by atoms with Crippen LogP contribution >= 0.6 is 0 Å². The second-order valence-corrected chi connectivity index (χ2v) is 14.4. The van der Waals surface area contributed by atoms with Crippen molar-refractivity contribution in [2.75, 3.05) is 23.7 Å². The molecule has 5 aromatic rings. The summed E-state index contributed by atoms with van der Waals surface area (Å²) in [7, 11) is -3.79. The van der Waals surface area contributed by atoms with Crippen LogP contribution in [0.4, 0.5) is 16.3 Å². The second kappa shape index (κ2) is 12.1. The molecule has 0 spiro atoms. The molecule has 1 saturated heterocycles. The Morgan fingerprint density at radius 3 is 2.49 bits per heavy atom. The normalized spacial score (nSPS) is 14.9. The molecule has 0 unspecified atom stereocenters. The van der Waals surface area contributed by atoms with Crippen LogP contribution in [0.5, 0.6) is 0 Å². The number of para-hydroxylation sites is 1. The fraction of sp³-hybridized carbons (Fsp3) is 0.333. The summed E-state index contributed by atoms with van der Waals surface area (Å²) in [4.78, 5) is 17.5. The lowest BCUT2D eigenvalue weighted by molar-refractivity contribution is 0.261. The summed E-state index contributed by atoms with van der Waals surface area (Å²) >= 11 is 0. The number of sulfonamides is 1. The Balaban J connectivity index is 1.13. The van der Waals surface area contributed by atoms with Gasteiger partial charge in [0.05, 0.1) is 23.0 Å². The number of aryl methyl sites for hydroxylation is 1. The van der Waals surface area contributed by atoms with Gasteiger partial charge < -0.3 is 9.84 Å². The molecule has 0 radical (unpaired) electrons. The van der Waals surface area contributed by atoms with Crippen molar-refractivity contribution < 1.29 is 17.7 Å².